The molecule has 1 unspecified atom stereocenters. The summed E-state index contributed by atoms with van der Waals surface area (Å²) in [6.07, 6.45) is 2.98. The van der Waals surface area contributed by atoms with Crippen molar-refractivity contribution in [2.45, 2.75) is 26.3 Å². The summed E-state index contributed by atoms with van der Waals surface area (Å²) in [6.45, 7) is 2.65. The van der Waals surface area contributed by atoms with E-state index in [-0.39, 0.29) is 11.7 Å². The third kappa shape index (κ3) is 4.46. The summed E-state index contributed by atoms with van der Waals surface area (Å²) in [7, 11) is 0. The lowest BCUT2D eigenvalue weighted by Gasteiger charge is -2.26. The van der Waals surface area contributed by atoms with Crippen molar-refractivity contribution in [1.82, 2.24) is 10.3 Å². The SMILES string of the molecule is CC1CC(=O)C(C(=S)Nc2ccccc2)=C(NCc2ccnc(N)c2)C1. The van der Waals surface area contributed by atoms with Gasteiger partial charge >= 0.3 is 0 Å². The van der Waals surface area contributed by atoms with E-state index in [9.17, 15) is 4.79 Å². The Bertz CT molecular complexity index is 848. The molecule has 0 saturated carbocycles. The molecular weight excluding hydrogens is 344 g/mol. The molecule has 0 amide bonds. The second kappa shape index (κ2) is 8.10. The normalized spacial score (nSPS) is 17.1. The van der Waals surface area contributed by atoms with Crippen molar-refractivity contribution in [3.05, 3.63) is 65.5 Å². The van der Waals surface area contributed by atoms with Gasteiger partial charge in [-0.1, -0.05) is 37.3 Å². The molecule has 1 aliphatic rings. The predicted molar refractivity (Wildman–Crippen MR) is 109 cm³/mol. The highest BCUT2D eigenvalue weighted by Crippen LogP contribution is 2.27. The number of nitrogens with two attached hydrogens (primary N) is 1. The van der Waals surface area contributed by atoms with Crippen LogP contribution in [0.1, 0.15) is 25.3 Å². The molecule has 0 bridgehead atoms. The minimum atomic E-state index is 0.0777. The van der Waals surface area contributed by atoms with Gasteiger partial charge in [-0.15, -0.1) is 0 Å². The lowest BCUT2D eigenvalue weighted by atomic mass is 9.87. The minimum absolute atomic E-state index is 0.0777. The number of ketones is 1. The van der Waals surface area contributed by atoms with Crippen LogP contribution in [0, 0.1) is 5.92 Å². The first-order chi connectivity index (χ1) is 12.5. The number of rotatable bonds is 5. The average Bonchev–Trinajstić information content (AvgIpc) is 2.60. The maximum Gasteiger partial charge on any atom is 0.167 e. The Morgan fingerprint density at radius 3 is 2.77 bits per heavy atom. The largest absolute Gasteiger partial charge is 0.384 e. The molecule has 0 spiro atoms. The number of nitrogens with one attached hydrogen (secondary N) is 2. The van der Waals surface area contributed by atoms with Crippen molar-refractivity contribution >= 4 is 34.5 Å². The number of anilines is 2. The molecule has 26 heavy (non-hydrogen) atoms. The van der Waals surface area contributed by atoms with Gasteiger partial charge < -0.3 is 16.4 Å². The first-order valence-corrected chi connectivity index (χ1v) is 9.01. The lowest BCUT2D eigenvalue weighted by Crippen LogP contribution is -2.31. The number of thiocarbonyl (C=S) groups is 1. The number of nitrogens with zero attached hydrogens (tertiary/aromatic N) is 1. The topological polar surface area (TPSA) is 80.0 Å². The van der Waals surface area contributed by atoms with E-state index in [1.807, 2.05) is 42.5 Å². The smallest absolute Gasteiger partial charge is 0.167 e. The number of carbonyl (C=O) groups excluding carboxylic acids is 1. The highest BCUT2D eigenvalue weighted by atomic mass is 32.1. The van der Waals surface area contributed by atoms with E-state index in [1.54, 1.807) is 6.20 Å². The van der Waals surface area contributed by atoms with Crippen molar-refractivity contribution in [1.29, 1.82) is 0 Å². The molecule has 0 radical (unpaired) electrons. The molecule has 2 aromatic rings. The Morgan fingerprint density at radius 1 is 1.27 bits per heavy atom. The van der Waals surface area contributed by atoms with Crippen molar-refractivity contribution in [2.75, 3.05) is 11.1 Å². The molecule has 4 N–H and O–H groups in total. The molecular formula is C20H22N4OS. The van der Waals surface area contributed by atoms with Gasteiger partial charge in [0.05, 0.1) is 5.57 Å². The molecule has 1 atom stereocenters. The van der Waals surface area contributed by atoms with E-state index in [0.29, 0.717) is 29.3 Å². The summed E-state index contributed by atoms with van der Waals surface area (Å²) in [4.78, 5) is 17.1. The second-order valence-corrected chi connectivity index (χ2v) is 6.96. The van der Waals surface area contributed by atoms with Crippen molar-refractivity contribution in [2.24, 2.45) is 5.92 Å². The van der Waals surface area contributed by atoms with Gasteiger partial charge in [0.25, 0.3) is 0 Å². The molecule has 6 heteroatoms. The molecule has 1 aliphatic carbocycles. The second-order valence-electron chi connectivity index (χ2n) is 6.55. The molecule has 0 saturated heterocycles. The van der Waals surface area contributed by atoms with Gasteiger partial charge in [0.15, 0.2) is 5.78 Å². The minimum Gasteiger partial charge on any atom is -0.384 e. The monoisotopic (exact) mass is 366 g/mol. The van der Waals surface area contributed by atoms with Crippen molar-refractivity contribution in [3.63, 3.8) is 0 Å². The molecule has 0 fully saturated rings. The van der Waals surface area contributed by atoms with Crippen LogP contribution in [0.15, 0.2) is 59.9 Å². The number of carbonyl (C=O) groups is 1. The number of aromatic nitrogens is 1. The first-order valence-electron chi connectivity index (χ1n) is 8.60. The standard InChI is InChI=1S/C20H22N4OS/c1-13-9-16(23-12-14-7-8-22-18(21)11-14)19(17(25)10-13)20(26)24-15-5-3-2-4-6-15/h2-8,11,13,23H,9-10,12H2,1H3,(H2,21,22)(H,24,26). The zero-order valence-corrected chi connectivity index (χ0v) is 15.5. The number of allylic oxidation sites excluding steroid dienone is 1. The van der Waals surface area contributed by atoms with Crippen LogP contribution in [0.25, 0.3) is 0 Å². The van der Waals surface area contributed by atoms with E-state index in [1.165, 1.54) is 0 Å². The maximum absolute atomic E-state index is 12.7. The number of hydrogen-bond acceptors (Lipinski definition) is 5. The Labute approximate surface area is 158 Å². The first kappa shape index (κ1) is 18.1. The van der Waals surface area contributed by atoms with Crippen molar-refractivity contribution in [3.8, 4) is 0 Å². The van der Waals surface area contributed by atoms with E-state index >= 15 is 0 Å². The van der Waals surface area contributed by atoms with Crippen LogP contribution < -0.4 is 16.4 Å². The zero-order valence-electron chi connectivity index (χ0n) is 14.7. The Kier molecular flexibility index (Phi) is 5.63. The van der Waals surface area contributed by atoms with Gasteiger partial charge in [0.2, 0.25) is 0 Å². The summed E-state index contributed by atoms with van der Waals surface area (Å²) < 4.78 is 0. The summed E-state index contributed by atoms with van der Waals surface area (Å²) >= 11 is 5.54. The van der Waals surface area contributed by atoms with Crippen LogP contribution in [0.3, 0.4) is 0 Å². The number of hydrogen-bond donors (Lipinski definition) is 3. The van der Waals surface area contributed by atoms with Crippen molar-refractivity contribution < 1.29 is 4.79 Å². The Hall–Kier alpha value is -2.73. The number of para-hydroxylation sites is 1. The average molecular weight is 366 g/mol. The molecule has 3 rings (SSSR count). The van der Waals surface area contributed by atoms with E-state index in [4.69, 9.17) is 18.0 Å². The summed E-state index contributed by atoms with van der Waals surface area (Å²) in [5.41, 5.74) is 9.09. The number of Topliss-reactive ketones (excluding diaryl/α,β-unsaturated/α-hetero) is 1. The number of benzene rings is 1. The van der Waals surface area contributed by atoms with Gasteiger partial charge in [-0.05, 0) is 42.2 Å². The van der Waals surface area contributed by atoms with Gasteiger partial charge in [0.1, 0.15) is 10.8 Å². The summed E-state index contributed by atoms with van der Waals surface area (Å²) in [5.74, 6) is 0.845. The van der Waals surface area contributed by atoms with Gasteiger partial charge in [-0.25, -0.2) is 4.98 Å². The quantitative estimate of drug-likeness (QED) is 0.704. The Balaban J connectivity index is 1.82. The molecule has 0 aliphatic heterocycles. The van der Waals surface area contributed by atoms with E-state index in [0.717, 1.165) is 23.4 Å². The third-order valence-electron chi connectivity index (χ3n) is 4.28. The van der Waals surface area contributed by atoms with Crippen LogP contribution in [0.4, 0.5) is 11.5 Å². The van der Waals surface area contributed by atoms with Crippen LogP contribution >= 0.6 is 12.2 Å². The molecule has 1 aromatic carbocycles. The third-order valence-corrected chi connectivity index (χ3v) is 4.58. The van der Waals surface area contributed by atoms with Crippen LogP contribution in [-0.2, 0) is 11.3 Å². The number of pyridine rings is 1. The van der Waals surface area contributed by atoms with Gasteiger partial charge in [0, 0.05) is 30.5 Å². The molecule has 1 aromatic heterocycles. The Morgan fingerprint density at radius 2 is 2.04 bits per heavy atom. The molecule has 134 valence electrons. The van der Waals surface area contributed by atoms with Gasteiger partial charge in [-0.2, -0.15) is 0 Å². The summed E-state index contributed by atoms with van der Waals surface area (Å²) in [6, 6.07) is 13.4. The maximum atomic E-state index is 12.7. The molecule has 5 nitrogen and oxygen atoms in total. The van der Waals surface area contributed by atoms with Crippen LogP contribution in [0.5, 0.6) is 0 Å². The predicted octanol–water partition coefficient (Wildman–Crippen LogP) is 3.45. The van der Waals surface area contributed by atoms with Gasteiger partial charge in [-0.3, -0.25) is 4.79 Å². The fourth-order valence-electron chi connectivity index (χ4n) is 3.06. The van der Waals surface area contributed by atoms with E-state index in [2.05, 4.69) is 22.5 Å². The highest BCUT2D eigenvalue weighted by Gasteiger charge is 2.28. The fraction of sp³-hybridized carbons (Fsp3) is 0.250. The number of nitrogen functional groups attached to an aromatic ring is 1. The van der Waals surface area contributed by atoms with Crippen LogP contribution in [0.2, 0.25) is 0 Å². The highest BCUT2D eigenvalue weighted by molar-refractivity contribution is 7.81. The molecule has 1 heterocycles. The van der Waals surface area contributed by atoms with E-state index < -0.39 is 0 Å². The lowest BCUT2D eigenvalue weighted by molar-refractivity contribution is -0.116. The zero-order chi connectivity index (χ0) is 18.5. The fourth-order valence-corrected chi connectivity index (χ4v) is 3.42. The summed E-state index contributed by atoms with van der Waals surface area (Å²) in [5, 5.41) is 6.57. The van der Waals surface area contributed by atoms with Crippen LogP contribution in [-0.4, -0.2) is 15.8 Å².